The van der Waals surface area contributed by atoms with Crippen LogP contribution in [0.2, 0.25) is 0 Å². The lowest BCUT2D eigenvalue weighted by atomic mass is 10.1. The van der Waals surface area contributed by atoms with Gasteiger partial charge in [-0.3, -0.25) is 9.71 Å². The number of nitrogens with one attached hydrogen (secondary N) is 2. The summed E-state index contributed by atoms with van der Waals surface area (Å²) in [7, 11) is -3.71. The molecule has 4 rings (SSSR count). The van der Waals surface area contributed by atoms with Gasteiger partial charge in [-0.05, 0) is 44.2 Å². The molecule has 7 nitrogen and oxygen atoms in total. The van der Waals surface area contributed by atoms with E-state index in [0.717, 1.165) is 22.2 Å². The quantitative estimate of drug-likeness (QED) is 0.481. The van der Waals surface area contributed by atoms with E-state index in [-0.39, 0.29) is 10.0 Å². The summed E-state index contributed by atoms with van der Waals surface area (Å²) in [5, 5.41) is 9.62. The predicted molar refractivity (Wildman–Crippen MR) is 112 cm³/mol. The third kappa shape index (κ3) is 3.67. The number of hydrogen-bond acceptors (Lipinski definition) is 6. The summed E-state index contributed by atoms with van der Waals surface area (Å²) >= 11 is 1.18. The van der Waals surface area contributed by atoms with Crippen molar-refractivity contribution in [2.45, 2.75) is 18.7 Å². The first-order valence-corrected chi connectivity index (χ1v) is 10.8. The van der Waals surface area contributed by atoms with Gasteiger partial charge in [-0.1, -0.05) is 29.5 Å². The van der Waals surface area contributed by atoms with Crippen LogP contribution in [-0.4, -0.2) is 29.8 Å². The Kier molecular flexibility index (Phi) is 4.70. The van der Waals surface area contributed by atoms with E-state index in [1.54, 1.807) is 25.3 Å². The van der Waals surface area contributed by atoms with Crippen LogP contribution in [0, 0.1) is 13.8 Å². The largest absolute Gasteiger partial charge is 0.358 e. The molecule has 0 bridgehead atoms. The molecule has 0 aliphatic heterocycles. The van der Waals surface area contributed by atoms with Crippen molar-refractivity contribution in [3.05, 3.63) is 64.8 Å². The Bertz CT molecular complexity index is 1270. The van der Waals surface area contributed by atoms with Crippen LogP contribution in [0.3, 0.4) is 0 Å². The Balaban J connectivity index is 1.56. The van der Waals surface area contributed by atoms with E-state index in [1.165, 1.54) is 23.5 Å². The minimum atomic E-state index is -3.71. The first kappa shape index (κ1) is 18.3. The second-order valence-electron chi connectivity index (χ2n) is 6.19. The molecule has 28 heavy (non-hydrogen) atoms. The molecule has 0 saturated carbocycles. The van der Waals surface area contributed by atoms with Crippen LogP contribution < -0.4 is 4.72 Å². The molecule has 2 aromatic carbocycles. The maximum Gasteiger partial charge on any atom is 0.263 e. The normalized spacial score (nSPS) is 12.1. The zero-order valence-corrected chi connectivity index (χ0v) is 16.8. The number of aryl methyl sites for hydroxylation is 2. The molecular weight excluding hydrogens is 394 g/mol. The third-order valence-corrected chi connectivity index (χ3v) is 6.42. The second kappa shape index (κ2) is 7.17. The summed E-state index contributed by atoms with van der Waals surface area (Å²) in [6.45, 7) is 3.76. The number of aromatic amines is 1. The first-order valence-electron chi connectivity index (χ1n) is 8.47. The average Bonchev–Trinajstić information content (AvgIpc) is 3.21. The minimum absolute atomic E-state index is 0.141. The van der Waals surface area contributed by atoms with E-state index in [1.807, 2.05) is 31.2 Å². The van der Waals surface area contributed by atoms with Crippen molar-refractivity contribution in [3.8, 4) is 0 Å². The summed E-state index contributed by atoms with van der Waals surface area (Å²) in [6, 6.07) is 14.4. The molecule has 2 heterocycles. The van der Waals surface area contributed by atoms with Gasteiger partial charge in [0.2, 0.25) is 5.13 Å². The van der Waals surface area contributed by atoms with Gasteiger partial charge in [0, 0.05) is 28.4 Å². The van der Waals surface area contributed by atoms with Crippen molar-refractivity contribution in [2.24, 2.45) is 4.99 Å². The summed E-state index contributed by atoms with van der Waals surface area (Å²) in [5.74, 6) is 0. The molecule has 0 saturated heterocycles. The van der Waals surface area contributed by atoms with Crippen molar-refractivity contribution in [3.63, 3.8) is 0 Å². The van der Waals surface area contributed by atoms with Crippen LogP contribution in [0.5, 0.6) is 0 Å². The van der Waals surface area contributed by atoms with Gasteiger partial charge in [0.05, 0.1) is 10.6 Å². The van der Waals surface area contributed by atoms with Gasteiger partial charge in [-0.15, -0.1) is 10.2 Å². The standard InChI is InChI=1S/C19H17N5O2S2/c1-12-17(16-5-3-4-6-18(16)21-12)11-20-14-7-9-15(10-8-14)28(25,26)24-19-23-22-13(2)27-19/h3-11,21H,1-2H3,(H,23,24). The van der Waals surface area contributed by atoms with E-state index in [0.29, 0.717) is 10.7 Å². The smallest absolute Gasteiger partial charge is 0.263 e. The lowest BCUT2D eigenvalue weighted by molar-refractivity contribution is 0.601. The molecule has 9 heteroatoms. The zero-order valence-electron chi connectivity index (χ0n) is 15.2. The van der Waals surface area contributed by atoms with Crippen LogP contribution in [0.15, 0.2) is 58.4 Å². The monoisotopic (exact) mass is 411 g/mol. The fourth-order valence-corrected chi connectivity index (χ4v) is 4.65. The average molecular weight is 412 g/mol. The molecule has 0 fully saturated rings. The fraction of sp³-hybridized carbons (Fsp3) is 0.105. The van der Waals surface area contributed by atoms with Crippen LogP contribution in [0.25, 0.3) is 10.9 Å². The molecule has 142 valence electrons. The number of aliphatic imine (C=N–C) groups is 1. The Morgan fingerprint density at radius 3 is 2.54 bits per heavy atom. The highest BCUT2D eigenvalue weighted by molar-refractivity contribution is 7.93. The van der Waals surface area contributed by atoms with Crippen LogP contribution in [0.4, 0.5) is 10.8 Å². The summed E-state index contributed by atoms with van der Waals surface area (Å²) in [4.78, 5) is 7.96. The Labute approximate surface area is 166 Å². The van der Waals surface area contributed by atoms with Gasteiger partial charge in [-0.25, -0.2) is 8.42 Å². The number of H-pyrrole nitrogens is 1. The lowest BCUT2D eigenvalue weighted by Crippen LogP contribution is -2.12. The molecule has 0 aliphatic rings. The van der Waals surface area contributed by atoms with Gasteiger partial charge in [0.1, 0.15) is 5.01 Å². The van der Waals surface area contributed by atoms with E-state index in [2.05, 4.69) is 24.9 Å². The molecule has 0 spiro atoms. The second-order valence-corrected chi connectivity index (χ2v) is 9.06. The number of benzene rings is 2. The number of sulfonamides is 1. The highest BCUT2D eigenvalue weighted by Crippen LogP contribution is 2.23. The number of aromatic nitrogens is 3. The number of fused-ring (bicyclic) bond motifs is 1. The lowest BCUT2D eigenvalue weighted by Gasteiger charge is -2.04. The van der Waals surface area contributed by atoms with E-state index in [4.69, 9.17) is 0 Å². The summed E-state index contributed by atoms with van der Waals surface area (Å²) in [5.41, 5.74) is 3.76. The van der Waals surface area contributed by atoms with E-state index >= 15 is 0 Å². The maximum atomic E-state index is 12.4. The number of nitrogens with zero attached hydrogens (tertiary/aromatic N) is 3. The van der Waals surface area contributed by atoms with Crippen LogP contribution in [-0.2, 0) is 10.0 Å². The van der Waals surface area contributed by atoms with Crippen LogP contribution >= 0.6 is 11.3 Å². The summed E-state index contributed by atoms with van der Waals surface area (Å²) in [6.07, 6.45) is 1.79. The number of hydrogen-bond donors (Lipinski definition) is 2. The molecule has 0 aliphatic carbocycles. The molecule has 4 aromatic rings. The van der Waals surface area contributed by atoms with E-state index in [9.17, 15) is 8.42 Å². The molecular formula is C19H17N5O2S2. The SMILES string of the molecule is Cc1nnc(NS(=O)(=O)c2ccc(N=Cc3c(C)[nH]c4ccccc34)cc2)s1. The topological polar surface area (TPSA) is 100 Å². The zero-order chi connectivity index (χ0) is 19.7. The van der Waals surface area contributed by atoms with Gasteiger partial charge >= 0.3 is 0 Å². The molecule has 0 amide bonds. The number of anilines is 1. The maximum absolute atomic E-state index is 12.4. The highest BCUT2D eigenvalue weighted by Gasteiger charge is 2.16. The fourth-order valence-electron chi connectivity index (χ4n) is 2.83. The predicted octanol–water partition coefficient (Wildman–Crippen LogP) is 4.19. The molecule has 0 unspecified atom stereocenters. The molecule has 2 aromatic heterocycles. The van der Waals surface area contributed by atoms with E-state index < -0.39 is 10.0 Å². The number of rotatable bonds is 5. The van der Waals surface area contributed by atoms with Crippen molar-refractivity contribution < 1.29 is 8.42 Å². The highest BCUT2D eigenvalue weighted by atomic mass is 32.2. The minimum Gasteiger partial charge on any atom is -0.358 e. The van der Waals surface area contributed by atoms with Crippen molar-refractivity contribution >= 4 is 49.3 Å². The number of para-hydroxylation sites is 1. The van der Waals surface area contributed by atoms with Gasteiger partial charge in [0.25, 0.3) is 10.0 Å². The Morgan fingerprint density at radius 2 is 1.82 bits per heavy atom. The van der Waals surface area contributed by atoms with Gasteiger partial charge in [-0.2, -0.15) is 0 Å². The molecule has 2 N–H and O–H groups in total. The first-order chi connectivity index (χ1) is 13.4. The van der Waals surface area contributed by atoms with Gasteiger partial charge < -0.3 is 4.98 Å². The van der Waals surface area contributed by atoms with Crippen molar-refractivity contribution in [1.29, 1.82) is 0 Å². The summed E-state index contributed by atoms with van der Waals surface area (Å²) < 4.78 is 27.3. The Hall–Kier alpha value is -3.04. The molecule has 0 atom stereocenters. The third-order valence-electron chi connectivity index (χ3n) is 4.18. The van der Waals surface area contributed by atoms with Gasteiger partial charge in [0.15, 0.2) is 0 Å². The molecule has 0 radical (unpaired) electrons. The Morgan fingerprint density at radius 1 is 1.07 bits per heavy atom. The van der Waals surface area contributed by atoms with Crippen molar-refractivity contribution in [1.82, 2.24) is 15.2 Å². The van der Waals surface area contributed by atoms with Crippen molar-refractivity contribution in [2.75, 3.05) is 4.72 Å². The van der Waals surface area contributed by atoms with Crippen LogP contribution in [0.1, 0.15) is 16.3 Å².